The largest absolute Gasteiger partial charge is 0.497 e. The highest BCUT2D eigenvalue weighted by Gasteiger charge is 2.32. The Morgan fingerprint density at radius 1 is 0.974 bits per heavy atom. The topological polar surface area (TPSA) is 96.0 Å². The molecular weight excluding hydrogens is 617 g/mol. The van der Waals surface area contributed by atoms with Gasteiger partial charge in [0.25, 0.3) is 10.0 Å². The molecule has 202 valence electrons. The van der Waals surface area contributed by atoms with Gasteiger partial charge in [0.2, 0.25) is 11.8 Å². The van der Waals surface area contributed by atoms with Crippen LogP contribution in [0.2, 0.25) is 0 Å². The first-order chi connectivity index (χ1) is 18.2. The Balaban J connectivity index is 1.99. The molecule has 8 nitrogen and oxygen atoms in total. The molecule has 0 aliphatic carbocycles. The van der Waals surface area contributed by atoms with Crippen LogP contribution in [0.1, 0.15) is 25.8 Å². The van der Waals surface area contributed by atoms with Crippen LogP contribution < -0.4 is 14.4 Å². The third-order valence-electron chi connectivity index (χ3n) is 5.95. The Morgan fingerprint density at radius 3 is 2.18 bits per heavy atom. The lowest BCUT2D eigenvalue weighted by Crippen LogP contribution is -2.51. The van der Waals surface area contributed by atoms with Crippen LogP contribution in [0.5, 0.6) is 5.75 Å². The summed E-state index contributed by atoms with van der Waals surface area (Å²) >= 11 is 2.14. The SMILES string of the molecule is CCCNC(=O)C(C)N(Cc1ccc(OC)cc1)C(=O)CN(c1ccc(I)cc1)S(=O)(=O)c1ccccc1. The van der Waals surface area contributed by atoms with Crippen molar-refractivity contribution in [1.29, 1.82) is 0 Å². The minimum atomic E-state index is -4.07. The molecule has 3 aromatic rings. The molecular formula is C28H32IN3O5S. The second-order valence-electron chi connectivity index (χ2n) is 8.64. The molecule has 0 aliphatic rings. The van der Waals surface area contributed by atoms with E-state index in [9.17, 15) is 18.0 Å². The lowest BCUT2D eigenvalue weighted by Gasteiger charge is -2.32. The predicted molar refractivity (Wildman–Crippen MR) is 156 cm³/mol. The van der Waals surface area contributed by atoms with Gasteiger partial charge in [0.1, 0.15) is 18.3 Å². The summed E-state index contributed by atoms with van der Waals surface area (Å²) in [6.45, 7) is 3.71. The van der Waals surface area contributed by atoms with Gasteiger partial charge in [-0.3, -0.25) is 13.9 Å². The van der Waals surface area contributed by atoms with E-state index in [1.807, 2.05) is 19.1 Å². The van der Waals surface area contributed by atoms with Crippen molar-refractivity contribution < 1.29 is 22.7 Å². The van der Waals surface area contributed by atoms with Gasteiger partial charge in [-0.15, -0.1) is 0 Å². The molecule has 0 heterocycles. The zero-order valence-corrected chi connectivity index (χ0v) is 24.6. The van der Waals surface area contributed by atoms with Gasteiger partial charge in [0.05, 0.1) is 17.7 Å². The van der Waals surface area contributed by atoms with Crippen molar-refractivity contribution in [2.75, 3.05) is 24.5 Å². The van der Waals surface area contributed by atoms with Crippen molar-refractivity contribution in [3.8, 4) is 5.75 Å². The number of carbonyl (C=O) groups excluding carboxylic acids is 2. The van der Waals surface area contributed by atoms with Gasteiger partial charge < -0.3 is 15.0 Å². The Kier molecular flexibility index (Phi) is 10.5. The molecule has 0 bridgehead atoms. The lowest BCUT2D eigenvalue weighted by molar-refractivity contribution is -0.139. The summed E-state index contributed by atoms with van der Waals surface area (Å²) in [4.78, 5) is 28.2. The molecule has 0 radical (unpaired) electrons. The molecule has 1 atom stereocenters. The number of amides is 2. The number of halogens is 1. The normalized spacial score (nSPS) is 11.9. The third-order valence-corrected chi connectivity index (χ3v) is 8.46. The lowest BCUT2D eigenvalue weighted by atomic mass is 10.1. The standard InChI is InChI=1S/C28H32IN3O5S/c1-4-18-30-28(34)21(2)31(19-22-10-16-25(37-3)17-11-22)27(33)20-32(24-14-12-23(29)13-15-24)38(35,36)26-8-6-5-7-9-26/h5-17,21H,4,18-20H2,1-3H3,(H,30,34). The van der Waals surface area contributed by atoms with Crippen LogP contribution >= 0.6 is 22.6 Å². The van der Waals surface area contributed by atoms with E-state index in [4.69, 9.17) is 4.74 Å². The smallest absolute Gasteiger partial charge is 0.264 e. The van der Waals surface area contributed by atoms with E-state index < -0.39 is 28.5 Å². The number of rotatable bonds is 12. The van der Waals surface area contributed by atoms with Crippen LogP contribution in [0.25, 0.3) is 0 Å². The van der Waals surface area contributed by atoms with Crippen molar-refractivity contribution in [2.24, 2.45) is 0 Å². The summed E-state index contributed by atoms with van der Waals surface area (Å²) in [5.41, 5.74) is 1.14. The first-order valence-electron chi connectivity index (χ1n) is 12.2. The zero-order valence-electron chi connectivity index (χ0n) is 21.6. The summed E-state index contributed by atoms with van der Waals surface area (Å²) < 4.78 is 34.7. The van der Waals surface area contributed by atoms with Gasteiger partial charge in [-0.2, -0.15) is 0 Å². The monoisotopic (exact) mass is 649 g/mol. The number of hydrogen-bond donors (Lipinski definition) is 1. The highest BCUT2D eigenvalue weighted by molar-refractivity contribution is 14.1. The third kappa shape index (κ3) is 7.47. The van der Waals surface area contributed by atoms with Gasteiger partial charge in [-0.1, -0.05) is 37.3 Å². The molecule has 0 fully saturated rings. The van der Waals surface area contributed by atoms with Crippen LogP contribution in [0.15, 0.2) is 83.8 Å². The molecule has 0 saturated heterocycles. The van der Waals surface area contributed by atoms with Gasteiger partial charge in [0, 0.05) is 16.7 Å². The Bertz CT molecular complexity index is 1320. The van der Waals surface area contributed by atoms with Gasteiger partial charge in [0.15, 0.2) is 0 Å². The molecule has 0 aliphatic heterocycles. The van der Waals surface area contributed by atoms with E-state index >= 15 is 0 Å². The maximum atomic E-state index is 13.8. The fourth-order valence-electron chi connectivity index (χ4n) is 3.76. The fourth-order valence-corrected chi connectivity index (χ4v) is 5.56. The number of anilines is 1. The molecule has 0 saturated carbocycles. The minimum Gasteiger partial charge on any atom is -0.497 e. The fraction of sp³-hybridized carbons (Fsp3) is 0.286. The van der Waals surface area contributed by atoms with Gasteiger partial charge in [-0.05, 0) is 90.0 Å². The summed E-state index contributed by atoms with van der Waals surface area (Å²) in [6.07, 6.45) is 0.751. The van der Waals surface area contributed by atoms with Crippen LogP contribution in [-0.2, 0) is 26.2 Å². The molecule has 3 aromatic carbocycles. The average molecular weight is 650 g/mol. The Hall–Kier alpha value is -3.12. The van der Waals surface area contributed by atoms with Gasteiger partial charge in [-0.25, -0.2) is 8.42 Å². The molecule has 2 amide bonds. The molecule has 38 heavy (non-hydrogen) atoms. The second kappa shape index (κ2) is 13.6. The number of carbonyl (C=O) groups is 2. The maximum absolute atomic E-state index is 13.8. The maximum Gasteiger partial charge on any atom is 0.264 e. The molecule has 10 heteroatoms. The van der Waals surface area contributed by atoms with E-state index in [1.165, 1.54) is 17.0 Å². The van der Waals surface area contributed by atoms with Crippen molar-refractivity contribution >= 4 is 50.1 Å². The van der Waals surface area contributed by atoms with Crippen molar-refractivity contribution in [3.63, 3.8) is 0 Å². The van der Waals surface area contributed by atoms with Crippen molar-refractivity contribution in [2.45, 2.75) is 37.8 Å². The highest BCUT2D eigenvalue weighted by Crippen LogP contribution is 2.25. The van der Waals surface area contributed by atoms with Gasteiger partial charge >= 0.3 is 0 Å². The Morgan fingerprint density at radius 2 is 1.61 bits per heavy atom. The van der Waals surface area contributed by atoms with E-state index in [1.54, 1.807) is 68.6 Å². The summed E-state index contributed by atoms with van der Waals surface area (Å²) in [5.74, 6) is -0.141. The van der Waals surface area contributed by atoms with Crippen molar-refractivity contribution in [3.05, 3.63) is 88.0 Å². The molecule has 1 unspecified atom stereocenters. The number of hydrogen-bond acceptors (Lipinski definition) is 5. The Labute approximate surface area is 238 Å². The molecule has 1 N–H and O–H groups in total. The van der Waals surface area contributed by atoms with Crippen LogP contribution in [0, 0.1) is 3.57 Å². The number of ether oxygens (including phenoxy) is 1. The highest BCUT2D eigenvalue weighted by atomic mass is 127. The van der Waals surface area contributed by atoms with Crippen LogP contribution in [0.3, 0.4) is 0 Å². The van der Waals surface area contributed by atoms with E-state index in [-0.39, 0.29) is 17.3 Å². The van der Waals surface area contributed by atoms with E-state index in [0.717, 1.165) is 19.9 Å². The molecule has 0 spiro atoms. The van der Waals surface area contributed by atoms with E-state index in [0.29, 0.717) is 18.0 Å². The number of sulfonamides is 1. The van der Waals surface area contributed by atoms with Crippen LogP contribution in [-0.4, -0.2) is 51.4 Å². The quantitative estimate of drug-likeness (QED) is 0.293. The van der Waals surface area contributed by atoms with Crippen molar-refractivity contribution in [1.82, 2.24) is 10.2 Å². The molecule has 3 rings (SSSR count). The molecule has 0 aromatic heterocycles. The summed E-state index contributed by atoms with van der Waals surface area (Å²) in [5, 5.41) is 2.83. The number of nitrogens with one attached hydrogen (secondary N) is 1. The van der Waals surface area contributed by atoms with Crippen LogP contribution in [0.4, 0.5) is 5.69 Å². The first-order valence-corrected chi connectivity index (χ1v) is 14.7. The summed E-state index contributed by atoms with van der Waals surface area (Å²) in [6, 6.07) is 21.2. The zero-order chi connectivity index (χ0) is 27.7. The average Bonchev–Trinajstić information content (AvgIpc) is 2.94. The predicted octanol–water partition coefficient (Wildman–Crippen LogP) is 4.44. The minimum absolute atomic E-state index is 0.0711. The number of nitrogens with zero attached hydrogens (tertiary/aromatic N) is 2. The van der Waals surface area contributed by atoms with E-state index in [2.05, 4.69) is 27.9 Å². The second-order valence-corrected chi connectivity index (χ2v) is 11.7. The first kappa shape index (κ1) is 29.4. The summed E-state index contributed by atoms with van der Waals surface area (Å²) in [7, 11) is -2.50. The number of methoxy groups -OCH3 is 1. The number of benzene rings is 3.